The van der Waals surface area contributed by atoms with E-state index in [2.05, 4.69) is 29.7 Å². The highest BCUT2D eigenvalue weighted by Gasteiger charge is 2.47. The van der Waals surface area contributed by atoms with Crippen LogP contribution >= 0.6 is 0 Å². The number of hydrogen-bond donors (Lipinski definition) is 0. The Hall–Kier alpha value is -3.92. The first-order valence-corrected chi connectivity index (χ1v) is 16.9. The Labute approximate surface area is 269 Å². The minimum Gasteiger partial charge on any atom is -0.351 e. The number of nitro groups is 2. The van der Waals surface area contributed by atoms with E-state index in [9.17, 15) is 20.2 Å². The van der Waals surface area contributed by atoms with E-state index in [1.54, 1.807) is 0 Å². The number of aromatic nitrogens is 4. The number of nitrogens with zero attached hydrogens (tertiary/aromatic N) is 12. The zero-order valence-corrected chi connectivity index (χ0v) is 27.1. The lowest BCUT2D eigenvalue weighted by atomic mass is 10.1. The van der Waals surface area contributed by atoms with Gasteiger partial charge >= 0.3 is 11.4 Å². The van der Waals surface area contributed by atoms with Crippen LogP contribution in [0.5, 0.6) is 0 Å². The lowest BCUT2D eigenvalue weighted by Crippen LogP contribution is -2.73. The lowest BCUT2D eigenvalue weighted by Gasteiger charge is -2.54. The van der Waals surface area contributed by atoms with Crippen molar-refractivity contribution in [3.63, 3.8) is 0 Å². The highest BCUT2D eigenvalue weighted by atomic mass is 16.6. The Balaban J connectivity index is 1.00. The summed E-state index contributed by atoms with van der Waals surface area (Å²) in [5, 5.41) is 24.6. The molecule has 0 atom stereocenters. The lowest BCUT2D eigenvalue weighted by molar-refractivity contribution is -1.03. The fraction of sp³-hybridized carbons (Fsp3) is 0.733. The van der Waals surface area contributed by atoms with Gasteiger partial charge in [0.2, 0.25) is 23.3 Å². The maximum Gasteiger partial charge on any atom is 0.353 e. The summed E-state index contributed by atoms with van der Waals surface area (Å²) in [6, 6.07) is 0. The third kappa shape index (κ3) is 5.65. The third-order valence-corrected chi connectivity index (χ3v) is 11.2. The Morgan fingerprint density at radius 3 is 1.00 bits per heavy atom. The van der Waals surface area contributed by atoms with Crippen LogP contribution in [0.1, 0.15) is 37.3 Å². The number of quaternary nitrogens is 2. The van der Waals surface area contributed by atoms with Gasteiger partial charge in [-0.05, 0) is 39.5 Å². The van der Waals surface area contributed by atoms with Crippen molar-refractivity contribution >= 4 is 34.6 Å². The zero-order valence-electron chi connectivity index (χ0n) is 27.1. The molecule has 46 heavy (non-hydrogen) atoms. The van der Waals surface area contributed by atoms with E-state index in [0.717, 1.165) is 139 Å². The second kappa shape index (κ2) is 12.0. The Bertz CT molecular complexity index is 1370. The standard InChI is InChI=1S/C30H46N12O4/c1-23-31-27(35-7-3-4-8-35)25(39(43)44)29(33-23)37-11-15-41(16-12-37)19-21-42(22-20-41)17-13-38(14-18-42)30-26(40(45)46)28(32-24(2)34-30)36-9-5-6-10-36/h3-22H2,1-2H3/q+2. The zero-order chi connectivity index (χ0) is 32.1. The third-order valence-electron chi connectivity index (χ3n) is 11.2. The van der Waals surface area contributed by atoms with Crippen LogP contribution < -0.4 is 19.6 Å². The van der Waals surface area contributed by atoms with Crippen molar-refractivity contribution in [3.05, 3.63) is 31.9 Å². The SMILES string of the molecule is Cc1nc(N2CCCC2)c([N+](=O)[O-])c(N2CC[N+]3(CC2)CC[N+]2(CCN(c4nc(C)nc(N5CCCC5)c4[N+](=O)[O-])CC2)CC3)n1. The smallest absolute Gasteiger partial charge is 0.351 e. The first-order valence-electron chi connectivity index (χ1n) is 16.9. The fourth-order valence-electron chi connectivity index (χ4n) is 8.31. The van der Waals surface area contributed by atoms with Gasteiger partial charge in [-0.3, -0.25) is 20.2 Å². The van der Waals surface area contributed by atoms with Gasteiger partial charge in [0.1, 0.15) is 37.8 Å². The summed E-state index contributed by atoms with van der Waals surface area (Å²) in [5.74, 6) is 3.03. The van der Waals surface area contributed by atoms with Crippen molar-refractivity contribution in [1.29, 1.82) is 0 Å². The van der Waals surface area contributed by atoms with E-state index >= 15 is 0 Å². The van der Waals surface area contributed by atoms with Crippen LogP contribution in [0, 0.1) is 34.1 Å². The summed E-state index contributed by atoms with van der Waals surface area (Å²) in [6.45, 7) is 17.8. The second-order valence-electron chi connectivity index (χ2n) is 13.9. The van der Waals surface area contributed by atoms with Crippen LogP contribution in [0.25, 0.3) is 0 Å². The number of aryl methyl sites for hydroxylation is 2. The molecule has 0 saturated carbocycles. The molecule has 5 saturated heterocycles. The minimum absolute atomic E-state index is 0.0497. The normalized spacial score (nSPS) is 22.7. The van der Waals surface area contributed by atoms with Crippen LogP contribution in [0.3, 0.4) is 0 Å². The Morgan fingerprint density at radius 2 is 0.739 bits per heavy atom. The molecule has 0 aliphatic carbocycles. The molecular weight excluding hydrogens is 592 g/mol. The van der Waals surface area contributed by atoms with Gasteiger partial charge in [0.15, 0.2) is 0 Å². The average Bonchev–Trinajstić information content (AvgIpc) is 3.78. The number of rotatable bonds is 6. The van der Waals surface area contributed by atoms with Gasteiger partial charge in [-0.2, -0.15) is 0 Å². The van der Waals surface area contributed by atoms with Gasteiger partial charge < -0.3 is 28.6 Å². The van der Waals surface area contributed by atoms with E-state index in [1.807, 2.05) is 23.6 Å². The van der Waals surface area contributed by atoms with Gasteiger partial charge in [0.25, 0.3) is 0 Å². The molecule has 0 aromatic carbocycles. The maximum absolute atomic E-state index is 12.3. The summed E-state index contributed by atoms with van der Waals surface area (Å²) in [4.78, 5) is 50.6. The molecule has 2 aromatic heterocycles. The van der Waals surface area contributed by atoms with Crippen LogP contribution in [-0.2, 0) is 0 Å². The summed E-state index contributed by atoms with van der Waals surface area (Å²) in [7, 11) is 0. The highest BCUT2D eigenvalue weighted by molar-refractivity contribution is 5.73. The molecule has 5 aliphatic rings. The largest absolute Gasteiger partial charge is 0.353 e. The monoisotopic (exact) mass is 638 g/mol. The van der Waals surface area contributed by atoms with Crippen molar-refractivity contribution in [2.75, 3.05) is 124 Å². The molecule has 16 heteroatoms. The molecular formula is C30H46N12O4+2. The number of anilines is 4. The fourth-order valence-corrected chi connectivity index (χ4v) is 8.31. The van der Waals surface area contributed by atoms with Crippen molar-refractivity contribution in [3.8, 4) is 0 Å². The van der Waals surface area contributed by atoms with Gasteiger partial charge in [-0.1, -0.05) is 0 Å². The predicted octanol–water partition coefficient (Wildman–Crippen LogP) is 1.89. The Kier molecular flexibility index (Phi) is 8.03. The molecule has 7 heterocycles. The molecule has 16 nitrogen and oxygen atoms in total. The van der Waals surface area contributed by atoms with E-state index in [1.165, 1.54) is 0 Å². The molecule has 0 bridgehead atoms. The van der Waals surface area contributed by atoms with Crippen LogP contribution in [0.2, 0.25) is 0 Å². The minimum atomic E-state index is -0.291. The van der Waals surface area contributed by atoms with E-state index in [-0.39, 0.29) is 21.2 Å². The van der Waals surface area contributed by atoms with Crippen molar-refractivity contribution in [1.82, 2.24) is 19.9 Å². The molecule has 0 amide bonds. The molecule has 5 fully saturated rings. The second-order valence-corrected chi connectivity index (χ2v) is 13.9. The maximum atomic E-state index is 12.3. The summed E-state index contributed by atoms with van der Waals surface area (Å²) < 4.78 is 2.07. The molecule has 2 spiro atoms. The van der Waals surface area contributed by atoms with Gasteiger partial charge in [0, 0.05) is 26.2 Å². The quantitative estimate of drug-likeness (QED) is 0.258. The van der Waals surface area contributed by atoms with Gasteiger partial charge in [-0.25, -0.2) is 19.9 Å². The Morgan fingerprint density at radius 1 is 0.478 bits per heavy atom. The van der Waals surface area contributed by atoms with Crippen molar-refractivity contribution in [2.45, 2.75) is 39.5 Å². The van der Waals surface area contributed by atoms with Crippen molar-refractivity contribution in [2.24, 2.45) is 0 Å². The van der Waals surface area contributed by atoms with Crippen LogP contribution in [-0.4, -0.2) is 143 Å². The van der Waals surface area contributed by atoms with E-state index in [4.69, 9.17) is 0 Å². The van der Waals surface area contributed by atoms with Crippen LogP contribution in [0.4, 0.5) is 34.6 Å². The molecule has 5 aliphatic heterocycles. The first kappa shape index (κ1) is 30.7. The van der Waals surface area contributed by atoms with Gasteiger partial charge in [0.05, 0.1) is 62.2 Å². The molecule has 2 aromatic rings. The number of hydrogen-bond acceptors (Lipinski definition) is 12. The van der Waals surface area contributed by atoms with Gasteiger partial charge in [-0.15, -0.1) is 0 Å². The first-order chi connectivity index (χ1) is 22.2. The molecule has 0 N–H and O–H groups in total. The molecule has 248 valence electrons. The summed E-state index contributed by atoms with van der Waals surface area (Å²) >= 11 is 0. The predicted molar refractivity (Wildman–Crippen MR) is 174 cm³/mol. The highest BCUT2D eigenvalue weighted by Crippen LogP contribution is 2.39. The van der Waals surface area contributed by atoms with Crippen molar-refractivity contribution < 1.29 is 18.8 Å². The molecule has 0 unspecified atom stereocenters. The summed E-state index contributed by atoms with van der Waals surface area (Å²) in [6.07, 6.45) is 4.10. The van der Waals surface area contributed by atoms with E-state index < -0.39 is 0 Å². The topological polar surface area (TPSA) is 151 Å². The number of piperazine rings is 3. The summed E-state index contributed by atoms with van der Waals surface area (Å²) in [5.41, 5.74) is 0.0993. The molecule has 0 radical (unpaired) electrons. The average molecular weight is 639 g/mol. The molecule has 7 rings (SSSR count). The van der Waals surface area contributed by atoms with Crippen LogP contribution in [0.15, 0.2) is 0 Å². The van der Waals surface area contributed by atoms with E-state index in [0.29, 0.717) is 34.9 Å².